The summed E-state index contributed by atoms with van der Waals surface area (Å²) in [5.41, 5.74) is 0.428. The van der Waals surface area contributed by atoms with E-state index in [1.807, 2.05) is 0 Å². The molecule has 0 bridgehead atoms. The number of carbonyl (C=O) groups is 1. The van der Waals surface area contributed by atoms with Crippen molar-refractivity contribution in [1.82, 2.24) is 0 Å². The molecule has 0 saturated carbocycles. The molecule has 0 aliphatic heterocycles. The van der Waals surface area contributed by atoms with Gasteiger partial charge in [0.2, 0.25) is 0 Å². The minimum Gasteiger partial charge on any atom is -0.481 e. The van der Waals surface area contributed by atoms with Crippen molar-refractivity contribution in [3.8, 4) is 0 Å². The van der Waals surface area contributed by atoms with Crippen molar-refractivity contribution in [2.24, 2.45) is 0 Å². The van der Waals surface area contributed by atoms with Gasteiger partial charge in [0, 0.05) is 6.42 Å². The molecule has 0 atom stereocenters. The van der Waals surface area contributed by atoms with Gasteiger partial charge in [-0.25, -0.2) is 8.78 Å². The first-order valence-electron chi connectivity index (χ1n) is 4.36. The first-order chi connectivity index (χ1) is 7.02. The number of aryl methyl sites for hydroxylation is 1. The first-order valence-corrected chi connectivity index (χ1v) is 4.74. The second-order valence-corrected chi connectivity index (χ2v) is 3.46. The predicted octanol–water partition coefficient (Wildman–Crippen LogP) is 3.03. The van der Waals surface area contributed by atoms with E-state index in [9.17, 15) is 13.6 Å². The number of hydrogen-bond acceptors (Lipinski definition) is 1. The number of aliphatic carboxylic acids is 1. The highest BCUT2D eigenvalue weighted by molar-refractivity contribution is 6.31. The summed E-state index contributed by atoms with van der Waals surface area (Å²) in [6, 6.07) is 2.35. The van der Waals surface area contributed by atoms with Crippen LogP contribution in [-0.2, 0) is 11.2 Å². The van der Waals surface area contributed by atoms with Crippen LogP contribution in [0.4, 0.5) is 8.78 Å². The van der Waals surface area contributed by atoms with Crippen LogP contribution in [0.5, 0.6) is 0 Å². The molecule has 1 N–H and O–H groups in total. The van der Waals surface area contributed by atoms with E-state index in [1.54, 1.807) is 0 Å². The van der Waals surface area contributed by atoms with E-state index in [0.29, 0.717) is 18.4 Å². The van der Waals surface area contributed by atoms with Gasteiger partial charge in [0.25, 0.3) is 0 Å². The molecule has 5 heteroatoms. The molecule has 0 saturated heterocycles. The van der Waals surface area contributed by atoms with Gasteiger partial charge in [-0.3, -0.25) is 4.79 Å². The van der Waals surface area contributed by atoms with Crippen LogP contribution in [0.15, 0.2) is 12.1 Å². The summed E-state index contributed by atoms with van der Waals surface area (Å²) in [4.78, 5) is 10.2. The van der Waals surface area contributed by atoms with Gasteiger partial charge in [0.15, 0.2) is 11.6 Å². The van der Waals surface area contributed by atoms with Gasteiger partial charge in [-0.2, -0.15) is 0 Å². The zero-order valence-electron chi connectivity index (χ0n) is 7.77. The maximum Gasteiger partial charge on any atom is 0.303 e. The smallest absolute Gasteiger partial charge is 0.303 e. The van der Waals surface area contributed by atoms with Crippen molar-refractivity contribution < 1.29 is 18.7 Å². The van der Waals surface area contributed by atoms with Gasteiger partial charge in [0.1, 0.15) is 0 Å². The fourth-order valence-corrected chi connectivity index (χ4v) is 1.44. The summed E-state index contributed by atoms with van der Waals surface area (Å²) in [6.45, 7) is 0. The highest BCUT2D eigenvalue weighted by Crippen LogP contribution is 2.23. The molecule has 0 heterocycles. The topological polar surface area (TPSA) is 37.3 Å². The fourth-order valence-electron chi connectivity index (χ4n) is 1.19. The second-order valence-electron chi connectivity index (χ2n) is 3.08. The summed E-state index contributed by atoms with van der Waals surface area (Å²) < 4.78 is 25.6. The summed E-state index contributed by atoms with van der Waals surface area (Å²) in [6.07, 6.45) is 0.651. The van der Waals surface area contributed by atoms with Crippen LogP contribution in [0, 0.1) is 11.6 Å². The Labute approximate surface area is 90.5 Å². The summed E-state index contributed by atoms with van der Waals surface area (Å²) >= 11 is 5.55. The standard InChI is InChI=1S/C10H9ClF2O2/c11-9-6(2-1-3-8(14)15)4-5-7(12)10(9)13/h4-5H,1-3H2,(H,14,15). The Morgan fingerprint density at radius 2 is 2.07 bits per heavy atom. The van der Waals surface area contributed by atoms with Gasteiger partial charge < -0.3 is 5.11 Å². The molecule has 0 aliphatic rings. The van der Waals surface area contributed by atoms with Gasteiger partial charge >= 0.3 is 5.97 Å². The first kappa shape index (κ1) is 11.9. The fraction of sp³-hybridized carbons (Fsp3) is 0.300. The maximum absolute atomic E-state index is 13.0. The van der Waals surface area contributed by atoms with Crippen LogP contribution in [-0.4, -0.2) is 11.1 Å². The molecule has 1 aromatic carbocycles. The molecule has 1 rings (SSSR count). The number of benzene rings is 1. The van der Waals surface area contributed by atoms with E-state index in [4.69, 9.17) is 16.7 Å². The Bertz CT molecular complexity index is 380. The van der Waals surface area contributed by atoms with Gasteiger partial charge in [-0.1, -0.05) is 17.7 Å². The lowest BCUT2D eigenvalue weighted by atomic mass is 10.1. The zero-order valence-corrected chi connectivity index (χ0v) is 8.52. The zero-order chi connectivity index (χ0) is 11.4. The molecular weight excluding hydrogens is 226 g/mol. The van der Waals surface area contributed by atoms with Gasteiger partial charge in [0.05, 0.1) is 5.02 Å². The molecule has 82 valence electrons. The molecule has 0 aliphatic carbocycles. The number of carboxylic acid groups (broad SMARTS) is 1. The summed E-state index contributed by atoms with van der Waals surface area (Å²) in [5, 5.41) is 8.13. The van der Waals surface area contributed by atoms with Gasteiger partial charge in [-0.05, 0) is 24.5 Å². The van der Waals surface area contributed by atoms with E-state index in [-0.39, 0.29) is 11.4 Å². The maximum atomic E-state index is 13.0. The predicted molar refractivity (Wildman–Crippen MR) is 51.9 cm³/mol. The van der Waals surface area contributed by atoms with Crippen molar-refractivity contribution in [3.05, 3.63) is 34.4 Å². The van der Waals surface area contributed by atoms with Crippen molar-refractivity contribution in [3.63, 3.8) is 0 Å². The third-order valence-corrected chi connectivity index (χ3v) is 2.36. The quantitative estimate of drug-likeness (QED) is 0.813. The van der Waals surface area contributed by atoms with Crippen LogP contribution in [0.1, 0.15) is 18.4 Å². The van der Waals surface area contributed by atoms with Crippen LogP contribution < -0.4 is 0 Å². The van der Waals surface area contributed by atoms with Crippen LogP contribution >= 0.6 is 11.6 Å². The third-order valence-electron chi connectivity index (χ3n) is 1.95. The average molecular weight is 235 g/mol. The average Bonchev–Trinajstić information content (AvgIpc) is 2.18. The molecule has 15 heavy (non-hydrogen) atoms. The lowest BCUT2D eigenvalue weighted by molar-refractivity contribution is -0.137. The van der Waals surface area contributed by atoms with Crippen LogP contribution in [0.3, 0.4) is 0 Å². The molecule has 0 fully saturated rings. The number of carboxylic acids is 1. The highest BCUT2D eigenvalue weighted by atomic mass is 35.5. The van der Waals surface area contributed by atoms with Crippen molar-refractivity contribution in [1.29, 1.82) is 0 Å². The van der Waals surface area contributed by atoms with Gasteiger partial charge in [-0.15, -0.1) is 0 Å². The third kappa shape index (κ3) is 3.16. The van der Waals surface area contributed by atoms with E-state index in [1.165, 1.54) is 6.07 Å². The molecule has 0 spiro atoms. The number of halogens is 3. The second kappa shape index (κ2) is 5.07. The number of hydrogen-bond donors (Lipinski definition) is 1. The van der Waals surface area contributed by atoms with Crippen molar-refractivity contribution >= 4 is 17.6 Å². The SMILES string of the molecule is O=C(O)CCCc1ccc(F)c(F)c1Cl. The Balaban J connectivity index is 2.70. The Morgan fingerprint density at radius 1 is 1.40 bits per heavy atom. The van der Waals surface area contributed by atoms with E-state index in [0.717, 1.165) is 6.07 Å². The molecule has 0 aromatic heterocycles. The van der Waals surface area contributed by atoms with Crippen molar-refractivity contribution in [2.75, 3.05) is 0 Å². The molecule has 0 unspecified atom stereocenters. The molecule has 1 aromatic rings. The molecular formula is C10H9ClF2O2. The van der Waals surface area contributed by atoms with Crippen LogP contribution in [0.2, 0.25) is 5.02 Å². The minimum atomic E-state index is -1.08. The normalized spacial score (nSPS) is 10.3. The molecule has 2 nitrogen and oxygen atoms in total. The Kier molecular flexibility index (Phi) is 4.03. The highest BCUT2D eigenvalue weighted by Gasteiger charge is 2.11. The lowest BCUT2D eigenvalue weighted by Gasteiger charge is -2.04. The lowest BCUT2D eigenvalue weighted by Crippen LogP contribution is -1.98. The van der Waals surface area contributed by atoms with E-state index >= 15 is 0 Å². The van der Waals surface area contributed by atoms with E-state index in [2.05, 4.69) is 0 Å². The Hall–Kier alpha value is -1.16. The monoisotopic (exact) mass is 234 g/mol. The molecule has 0 radical (unpaired) electrons. The Morgan fingerprint density at radius 3 is 2.67 bits per heavy atom. The largest absolute Gasteiger partial charge is 0.481 e. The number of rotatable bonds is 4. The molecule has 0 amide bonds. The van der Waals surface area contributed by atoms with E-state index < -0.39 is 17.6 Å². The summed E-state index contributed by atoms with van der Waals surface area (Å²) in [5.74, 6) is -3.00. The summed E-state index contributed by atoms with van der Waals surface area (Å²) in [7, 11) is 0. The van der Waals surface area contributed by atoms with Crippen LogP contribution in [0.25, 0.3) is 0 Å². The van der Waals surface area contributed by atoms with Crippen molar-refractivity contribution in [2.45, 2.75) is 19.3 Å². The minimum absolute atomic E-state index is 0.0185.